The maximum Gasteiger partial charge on any atom is 0.266 e. The zero-order valence-corrected chi connectivity index (χ0v) is 17.4. The lowest BCUT2D eigenvalue weighted by Gasteiger charge is -2.11. The van der Waals surface area contributed by atoms with Crippen molar-refractivity contribution in [3.05, 3.63) is 99.5 Å². The minimum Gasteiger partial charge on any atom is -0.488 e. The number of nitrogens with one attached hydrogen (secondary N) is 1. The second kappa shape index (κ2) is 9.72. The highest BCUT2D eigenvalue weighted by atomic mass is 79.9. The van der Waals surface area contributed by atoms with E-state index in [4.69, 9.17) is 4.74 Å². The fraction of sp³-hybridized carbons (Fsp3) is 0.0833. The molecule has 0 atom stereocenters. The first-order valence-corrected chi connectivity index (χ1v) is 9.81. The summed E-state index contributed by atoms with van der Waals surface area (Å²) < 4.78 is 6.76. The minimum absolute atomic E-state index is 0.00378. The highest BCUT2D eigenvalue weighted by Crippen LogP contribution is 2.27. The van der Waals surface area contributed by atoms with Crippen LogP contribution in [0.25, 0.3) is 6.08 Å². The van der Waals surface area contributed by atoms with Gasteiger partial charge in [0.1, 0.15) is 24.0 Å². The van der Waals surface area contributed by atoms with Crippen molar-refractivity contribution >= 4 is 33.6 Å². The van der Waals surface area contributed by atoms with E-state index in [0.717, 1.165) is 15.6 Å². The van der Waals surface area contributed by atoms with Gasteiger partial charge in [-0.1, -0.05) is 64.5 Å². The van der Waals surface area contributed by atoms with Crippen LogP contribution in [0.2, 0.25) is 0 Å². The molecule has 0 spiro atoms. The molecule has 0 aliphatic rings. The van der Waals surface area contributed by atoms with Gasteiger partial charge in [-0.25, -0.2) is 0 Å². The molecule has 3 aromatic carbocycles. The fourth-order valence-corrected chi connectivity index (χ4v) is 3.08. The van der Waals surface area contributed by atoms with E-state index in [1.165, 1.54) is 0 Å². The van der Waals surface area contributed by atoms with Crippen LogP contribution in [0.1, 0.15) is 16.7 Å². The number of aryl methyl sites for hydroxylation is 1. The topological polar surface area (TPSA) is 62.1 Å². The molecule has 5 heteroatoms. The number of anilines is 1. The molecule has 0 aliphatic heterocycles. The summed E-state index contributed by atoms with van der Waals surface area (Å²) >= 11 is 3.44. The molecule has 0 bridgehead atoms. The Labute approximate surface area is 178 Å². The van der Waals surface area contributed by atoms with Crippen molar-refractivity contribution in [2.24, 2.45) is 0 Å². The average molecular weight is 447 g/mol. The molecule has 1 amide bonds. The van der Waals surface area contributed by atoms with E-state index in [1.807, 2.05) is 79.7 Å². The predicted octanol–water partition coefficient (Wildman–Crippen LogP) is 5.88. The van der Waals surface area contributed by atoms with Crippen molar-refractivity contribution in [1.29, 1.82) is 5.26 Å². The monoisotopic (exact) mass is 446 g/mol. The normalized spacial score (nSPS) is 10.9. The number of nitriles is 1. The third kappa shape index (κ3) is 5.56. The molecule has 144 valence electrons. The number of halogens is 1. The van der Waals surface area contributed by atoms with Crippen LogP contribution in [0, 0.1) is 18.3 Å². The van der Waals surface area contributed by atoms with Crippen molar-refractivity contribution in [1.82, 2.24) is 0 Å². The van der Waals surface area contributed by atoms with Gasteiger partial charge in [-0.15, -0.1) is 0 Å². The lowest BCUT2D eigenvalue weighted by molar-refractivity contribution is -0.112. The van der Waals surface area contributed by atoms with Gasteiger partial charge in [0.05, 0.1) is 0 Å². The number of nitrogens with zero attached hydrogens (tertiary/aromatic N) is 1. The summed E-state index contributed by atoms with van der Waals surface area (Å²) in [6, 6.07) is 24.7. The SMILES string of the molecule is Cc1ccccc1NC(=O)/C(C#N)=C/c1cc(Br)ccc1OCc1ccccc1. The van der Waals surface area contributed by atoms with E-state index in [1.54, 1.807) is 12.1 Å². The number of benzene rings is 3. The fourth-order valence-electron chi connectivity index (χ4n) is 2.71. The average Bonchev–Trinajstić information content (AvgIpc) is 2.73. The number of rotatable bonds is 6. The lowest BCUT2D eigenvalue weighted by Crippen LogP contribution is -2.14. The van der Waals surface area contributed by atoms with E-state index in [2.05, 4.69) is 21.2 Å². The largest absolute Gasteiger partial charge is 0.488 e. The van der Waals surface area contributed by atoms with E-state index in [9.17, 15) is 10.1 Å². The molecule has 1 N–H and O–H groups in total. The van der Waals surface area contributed by atoms with Crippen LogP contribution < -0.4 is 10.1 Å². The van der Waals surface area contributed by atoms with Crippen molar-refractivity contribution in [3.8, 4) is 11.8 Å². The molecule has 0 aromatic heterocycles. The maximum atomic E-state index is 12.6. The number of hydrogen-bond donors (Lipinski definition) is 1. The molecule has 0 unspecified atom stereocenters. The van der Waals surface area contributed by atoms with Crippen LogP contribution >= 0.6 is 15.9 Å². The van der Waals surface area contributed by atoms with Crippen LogP contribution in [-0.4, -0.2) is 5.91 Å². The molecule has 3 rings (SSSR count). The standard InChI is InChI=1S/C24H19BrN2O2/c1-17-7-5-6-10-22(17)27-24(28)20(15-26)13-19-14-21(25)11-12-23(19)29-16-18-8-3-2-4-9-18/h2-14H,16H2,1H3,(H,27,28)/b20-13+. The first-order chi connectivity index (χ1) is 14.1. The van der Waals surface area contributed by atoms with Gasteiger partial charge in [0.15, 0.2) is 0 Å². The Kier molecular flexibility index (Phi) is 6.83. The summed E-state index contributed by atoms with van der Waals surface area (Å²) in [4.78, 5) is 12.6. The Morgan fingerprint density at radius 3 is 2.55 bits per heavy atom. The van der Waals surface area contributed by atoms with Crippen LogP contribution in [0.3, 0.4) is 0 Å². The first-order valence-electron chi connectivity index (χ1n) is 9.02. The number of ether oxygens (including phenoxy) is 1. The van der Waals surface area contributed by atoms with Gasteiger partial charge in [0.2, 0.25) is 0 Å². The van der Waals surface area contributed by atoms with Gasteiger partial charge in [-0.3, -0.25) is 4.79 Å². The minimum atomic E-state index is -0.462. The first kappa shape index (κ1) is 20.4. The smallest absolute Gasteiger partial charge is 0.266 e. The summed E-state index contributed by atoms with van der Waals surface area (Å²) in [5.74, 6) is 0.129. The number of amides is 1. The Morgan fingerprint density at radius 2 is 1.83 bits per heavy atom. The molecule has 0 saturated carbocycles. The van der Waals surface area contributed by atoms with E-state index in [-0.39, 0.29) is 5.57 Å². The summed E-state index contributed by atoms with van der Waals surface area (Å²) in [5.41, 5.74) is 3.27. The molecule has 29 heavy (non-hydrogen) atoms. The van der Waals surface area contributed by atoms with Gasteiger partial charge in [0, 0.05) is 15.7 Å². The van der Waals surface area contributed by atoms with Crippen LogP contribution in [0.15, 0.2) is 82.8 Å². The van der Waals surface area contributed by atoms with Crippen LogP contribution in [0.5, 0.6) is 5.75 Å². The molecular formula is C24H19BrN2O2. The lowest BCUT2D eigenvalue weighted by atomic mass is 10.1. The number of para-hydroxylation sites is 1. The van der Waals surface area contributed by atoms with Gasteiger partial charge < -0.3 is 10.1 Å². The molecule has 0 saturated heterocycles. The second-order valence-corrected chi connectivity index (χ2v) is 7.31. The predicted molar refractivity (Wildman–Crippen MR) is 118 cm³/mol. The number of carbonyl (C=O) groups excluding carboxylic acids is 1. The Morgan fingerprint density at radius 1 is 1.10 bits per heavy atom. The Balaban J connectivity index is 1.84. The van der Waals surface area contributed by atoms with E-state index < -0.39 is 5.91 Å². The van der Waals surface area contributed by atoms with Crippen LogP contribution in [-0.2, 0) is 11.4 Å². The molecule has 0 fully saturated rings. The Hall–Kier alpha value is -3.36. The van der Waals surface area contributed by atoms with Crippen molar-refractivity contribution < 1.29 is 9.53 Å². The molecule has 0 heterocycles. The molecule has 4 nitrogen and oxygen atoms in total. The third-order valence-corrected chi connectivity index (χ3v) is 4.76. The van der Waals surface area contributed by atoms with E-state index in [0.29, 0.717) is 23.6 Å². The zero-order chi connectivity index (χ0) is 20.6. The highest BCUT2D eigenvalue weighted by Gasteiger charge is 2.13. The quantitative estimate of drug-likeness (QED) is 0.379. The zero-order valence-electron chi connectivity index (χ0n) is 15.9. The Bertz CT molecular complexity index is 1090. The highest BCUT2D eigenvalue weighted by molar-refractivity contribution is 9.10. The molecular weight excluding hydrogens is 428 g/mol. The maximum absolute atomic E-state index is 12.6. The number of carbonyl (C=O) groups is 1. The van der Waals surface area contributed by atoms with Gasteiger partial charge in [-0.2, -0.15) is 5.26 Å². The number of hydrogen-bond acceptors (Lipinski definition) is 3. The summed E-state index contributed by atoms with van der Waals surface area (Å²) in [7, 11) is 0. The molecule has 3 aromatic rings. The summed E-state index contributed by atoms with van der Waals surface area (Å²) in [5, 5.41) is 12.3. The van der Waals surface area contributed by atoms with Gasteiger partial charge >= 0.3 is 0 Å². The third-order valence-electron chi connectivity index (χ3n) is 4.27. The van der Waals surface area contributed by atoms with Crippen molar-refractivity contribution in [3.63, 3.8) is 0 Å². The summed E-state index contributed by atoms with van der Waals surface area (Å²) in [6.07, 6.45) is 1.54. The van der Waals surface area contributed by atoms with Crippen molar-refractivity contribution in [2.75, 3.05) is 5.32 Å². The van der Waals surface area contributed by atoms with Crippen molar-refractivity contribution in [2.45, 2.75) is 13.5 Å². The summed E-state index contributed by atoms with van der Waals surface area (Å²) in [6.45, 7) is 2.29. The van der Waals surface area contributed by atoms with E-state index >= 15 is 0 Å². The van der Waals surface area contributed by atoms with Gasteiger partial charge in [0.25, 0.3) is 5.91 Å². The van der Waals surface area contributed by atoms with Gasteiger partial charge in [-0.05, 0) is 48.4 Å². The molecule has 0 radical (unpaired) electrons. The molecule has 0 aliphatic carbocycles. The second-order valence-electron chi connectivity index (χ2n) is 6.40. The van der Waals surface area contributed by atoms with Crippen LogP contribution in [0.4, 0.5) is 5.69 Å².